The number of benzene rings is 1. The van der Waals surface area contributed by atoms with Crippen LogP contribution >= 0.6 is 0 Å². The Labute approximate surface area is 133 Å². The fourth-order valence-corrected chi connectivity index (χ4v) is 2.07. The molecule has 1 aromatic carbocycles. The average molecular weight is 305 g/mol. The normalized spacial score (nSPS) is 12.5. The van der Waals surface area contributed by atoms with Crippen molar-refractivity contribution in [2.24, 2.45) is 5.92 Å². The number of methoxy groups -OCH3 is 2. The Hall–Kier alpha value is -1.97. The van der Waals surface area contributed by atoms with Crippen molar-refractivity contribution in [1.29, 1.82) is 0 Å². The summed E-state index contributed by atoms with van der Waals surface area (Å²) >= 11 is 0. The van der Waals surface area contributed by atoms with Crippen LogP contribution in [0.5, 0.6) is 11.5 Å². The van der Waals surface area contributed by atoms with E-state index in [1.54, 1.807) is 26.4 Å². The van der Waals surface area contributed by atoms with E-state index in [0.29, 0.717) is 17.4 Å². The molecule has 0 aliphatic heterocycles. The summed E-state index contributed by atoms with van der Waals surface area (Å²) in [5, 5.41) is 2.97. The van der Waals surface area contributed by atoms with Gasteiger partial charge in [-0.3, -0.25) is 4.79 Å². The van der Waals surface area contributed by atoms with E-state index >= 15 is 0 Å². The van der Waals surface area contributed by atoms with Gasteiger partial charge in [0.05, 0.1) is 14.2 Å². The molecule has 0 spiro atoms. The van der Waals surface area contributed by atoms with E-state index in [0.717, 1.165) is 18.4 Å². The molecule has 1 atom stereocenters. The molecule has 4 nitrogen and oxygen atoms in total. The van der Waals surface area contributed by atoms with Gasteiger partial charge in [-0.25, -0.2) is 0 Å². The highest BCUT2D eigenvalue weighted by Gasteiger charge is 2.06. The third-order valence-corrected chi connectivity index (χ3v) is 3.40. The molecular formula is C18H27NO3. The summed E-state index contributed by atoms with van der Waals surface area (Å²) in [6.45, 7) is 6.40. The van der Waals surface area contributed by atoms with Gasteiger partial charge in [0.15, 0.2) is 11.5 Å². The van der Waals surface area contributed by atoms with Crippen LogP contribution < -0.4 is 14.8 Å². The lowest BCUT2D eigenvalue weighted by Gasteiger charge is -2.13. The van der Waals surface area contributed by atoms with Crippen molar-refractivity contribution in [2.45, 2.75) is 39.7 Å². The quantitative estimate of drug-likeness (QED) is 0.746. The monoisotopic (exact) mass is 305 g/mol. The van der Waals surface area contributed by atoms with Crippen molar-refractivity contribution in [3.05, 3.63) is 29.8 Å². The highest BCUT2D eigenvalue weighted by molar-refractivity contribution is 5.91. The number of nitrogens with one attached hydrogen (secondary N) is 1. The smallest absolute Gasteiger partial charge is 0.244 e. The van der Waals surface area contributed by atoms with E-state index in [1.807, 2.05) is 25.1 Å². The average Bonchev–Trinajstić information content (AvgIpc) is 2.50. The summed E-state index contributed by atoms with van der Waals surface area (Å²) in [4.78, 5) is 11.9. The lowest BCUT2D eigenvalue weighted by molar-refractivity contribution is -0.117. The number of carbonyl (C=O) groups is 1. The minimum Gasteiger partial charge on any atom is -0.493 e. The van der Waals surface area contributed by atoms with Gasteiger partial charge in [0.2, 0.25) is 5.91 Å². The molecule has 0 bridgehead atoms. The van der Waals surface area contributed by atoms with Crippen molar-refractivity contribution >= 4 is 12.0 Å². The maximum absolute atomic E-state index is 11.9. The second kappa shape index (κ2) is 9.13. The molecule has 0 saturated carbocycles. The molecule has 1 aromatic rings. The highest BCUT2D eigenvalue weighted by Crippen LogP contribution is 2.27. The van der Waals surface area contributed by atoms with Crippen molar-refractivity contribution in [3.63, 3.8) is 0 Å². The van der Waals surface area contributed by atoms with E-state index in [2.05, 4.69) is 19.2 Å². The third-order valence-electron chi connectivity index (χ3n) is 3.40. The number of hydrogen-bond donors (Lipinski definition) is 1. The fourth-order valence-electron chi connectivity index (χ4n) is 2.07. The zero-order valence-electron chi connectivity index (χ0n) is 14.2. The van der Waals surface area contributed by atoms with Gasteiger partial charge >= 0.3 is 0 Å². The first-order valence-corrected chi connectivity index (χ1v) is 7.66. The lowest BCUT2D eigenvalue weighted by atomic mass is 10.0. The molecule has 1 rings (SSSR count). The minimum absolute atomic E-state index is 0.0777. The summed E-state index contributed by atoms with van der Waals surface area (Å²) < 4.78 is 10.4. The minimum atomic E-state index is -0.0777. The van der Waals surface area contributed by atoms with E-state index < -0.39 is 0 Å². The van der Waals surface area contributed by atoms with Crippen LogP contribution in [0.1, 0.15) is 39.2 Å². The van der Waals surface area contributed by atoms with Gasteiger partial charge in [0.1, 0.15) is 0 Å². The lowest BCUT2D eigenvalue weighted by Crippen LogP contribution is -2.31. The summed E-state index contributed by atoms with van der Waals surface area (Å²) in [6.07, 6.45) is 5.42. The van der Waals surface area contributed by atoms with Gasteiger partial charge in [-0.15, -0.1) is 0 Å². The Balaban J connectivity index is 2.58. The van der Waals surface area contributed by atoms with Gasteiger partial charge in [0.25, 0.3) is 0 Å². The summed E-state index contributed by atoms with van der Waals surface area (Å²) in [7, 11) is 3.19. The molecule has 122 valence electrons. The summed E-state index contributed by atoms with van der Waals surface area (Å²) in [6, 6.07) is 5.73. The largest absolute Gasteiger partial charge is 0.493 e. The van der Waals surface area contributed by atoms with Crippen LogP contribution in [-0.2, 0) is 4.79 Å². The predicted molar refractivity (Wildman–Crippen MR) is 90.3 cm³/mol. The van der Waals surface area contributed by atoms with E-state index in [-0.39, 0.29) is 11.9 Å². The molecule has 0 aliphatic rings. The molecule has 0 fully saturated rings. The highest BCUT2D eigenvalue weighted by atomic mass is 16.5. The first kappa shape index (κ1) is 18.1. The third kappa shape index (κ3) is 6.20. The maximum Gasteiger partial charge on any atom is 0.244 e. The van der Waals surface area contributed by atoms with Crippen LogP contribution in [0.15, 0.2) is 24.3 Å². The Morgan fingerprint density at radius 1 is 1.14 bits per heavy atom. The van der Waals surface area contributed by atoms with Crippen LogP contribution in [0.4, 0.5) is 0 Å². The van der Waals surface area contributed by atoms with Gasteiger partial charge in [-0.2, -0.15) is 0 Å². The number of rotatable bonds is 8. The second-order valence-electron chi connectivity index (χ2n) is 5.83. The molecule has 0 aromatic heterocycles. The molecule has 0 saturated heterocycles. The van der Waals surface area contributed by atoms with E-state index in [1.165, 1.54) is 0 Å². The molecule has 1 N–H and O–H groups in total. The van der Waals surface area contributed by atoms with Crippen LogP contribution in [-0.4, -0.2) is 26.2 Å². The van der Waals surface area contributed by atoms with Gasteiger partial charge < -0.3 is 14.8 Å². The second-order valence-corrected chi connectivity index (χ2v) is 5.83. The molecule has 22 heavy (non-hydrogen) atoms. The van der Waals surface area contributed by atoms with E-state index in [4.69, 9.17) is 9.47 Å². The summed E-state index contributed by atoms with van der Waals surface area (Å²) in [5.41, 5.74) is 0.891. The SMILES string of the molecule is COc1ccc(/C=C/C(=O)NC(C)CCC(C)C)cc1OC. The molecule has 1 amide bonds. The molecule has 0 radical (unpaired) electrons. The van der Waals surface area contributed by atoms with Crippen molar-refractivity contribution < 1.29 is 14.3 Å². The Morgan fingerprint density at radius 3 is 2.41 bits per heavy atom. The van der Waals surface area contributed by atoms with Crippen molar-refractivity contribution in [2.75, 3.05) is 14.2 Å². The molecule has 0 aliphatic carbocycles. The molecule has 1 unspecified atom stereocenters. The summed E-state index contributed by atoms with van der Waals surface area (Å²) in [5.74, 6) is 1.90. The maximum atomic E-state index is 11.9. The standard InChI is InChI=1S/C18H27NO3/c1-13(2)6-7-14(3)19-18(20)11-9-15-8-10-16(21-4)17(12-15)22-5/h8-14H,6-7H2,1-5H3,(H,19,20)/b11-9+. The van der Waals surface area contributed by atoms with Crippen molar-refractivity contribution in [3.8, 4) is 11.5 Å². The molecular weight excluding hydrogens is 278 g/mol. The number of amides is 1. The molecule has 4 heteroatoms. The van der Waals surface area contributed by atoms with Gasteiger partial charge in [-0.05, 0) is 49.5 Å². The Bertz CT molecular complexity index is 509. The topological polar surface area (TPSA) is 47.6 Å². The Morgan fingerprint density at radius 2 is 1.82 bits per heavy atom. The van der Waals surface area contributed by atoms with E-state index in [9.17, 15) is 4.79 Å². The zero-order chi connectivity index (χ0) is 16.5. The number of ether oxygens (including phenoxy) is 2. The predicted octanol–water partition coefficient (Wildman–Crippen LogP) is 3.66. The van der Waals surface area contributed by atoms with Gasteiger partial charge in [0, 0.05) is 12.1 Å². The fraction of sp³-hybridized carbons (Fsp3) is 0.500. The van der Waals surface area contributed by atoms with Crippen LogP contribution in [0.3, 0.4) is 0 Å². The van der Waals surface area contributed by atoms with Crippen LogP contribution in [0.25, 0.3) is 6.08 Å². The van der Waals surface area contributed by atoms with Crippen LogP contribution in [0, 0.1) is 5.92 Å². The zero-order valence-corrected chi connectivity index (χ0v) is 14.2. The first-order valence-electron chi connectivity index (χ1n) is 7.66. The Kier molecular flexibility index (Phi) is 7.50. The van der Waals surface area contributed by atoms with Gasteiger partial charge in [-0.1, -0.05) is 19.9 Å². The number of carbonyl (C=O) groups excluding carboxylic acids is 1. The van der Waals surface area contributed by atoms with Crippen molar-refractivity contribution in [1.82, 2.24) is 5.32 Å². The molecule has 0 heterocycles. The van der Waals surface area contributed by atoms with Crippen LogP contribution in [0.2, 0.25) is 0 Å². The number of hydrogen-bond acceptors (Lipinski definition) is 3. The first-order chi connectivity index (χ1) is 10.5.